The quantitative estimate of drug-likeness (QED) is 0.664. The van der Waals surface area contributed by atoms with Crippen LogP contribution >= 0.6 is 11.9 Å². The fourth-order valence-electron chi connectivity index (χ4n) is 2.55. The van der Waals surface area contributed by atoms with Crippen LogP contribution in [0.25, 0.3) is 0 Å². The predicted octanol–water partition coefficient (Wildman–Crippen LogP) is 1.90. The van der Waals surface area contributed by atoms with E-state index in [-0.39, 0.29) is 10.7 Å². The SMILES string of the molecule is CCNc1nc(SNC2=NS(=O)(=O)c3ccccc32)nc(N(CC)CC)n1. The molecule has 0 bridgehead atoms. The lowest BCUT2D eigenvalue weighted by atomic mass is 10.2. The Kier molecular flexibility index (Phi) is 5.80. The Balaban J connectivity index is 1.86. The van der Waals surface area contributed by atoms with E-state index in [9.17, 15) is 8.42 Å². The Bertz CT molecular complexity index is 959. The Labute approximate surface area is 162 Å². The number of nitrogens with zero attached hydrogens (tertiary/aromatic N) is 5. The van der Waals surface area contributed by atoms with Crippen LogP contribution in [0.4, 0.5) is 11.9 Å². The van der Waals surface area contributed by atoms with Crippen LogP contribution < -0.4 is 14.9 Å². The summed E-state index contributed by atoms with van der Waals surface area (Å²) in [6, 6.07) is 6.70. The monoisotopic (exact) mass is 407 g/mol. The largest absolute Gasteiger partial charge is 0.354 e. The Morgan fingerprint density at radius 1 is 1.07 bits per heavy atom. The van der Waals surface area contributed by atoms with Crippen molar-refractivity contribution in [2.24, 2.45) is 4.40 Å². The number of anilines is 2. The van der Waals surface area contributed by atoms with E-state index in [1.165, 1.54) is 6.07 Å². The van der Waals surface area contributed by atoms with Gasteiger partial charge in [-0.05, 0) is 32.9 Å². The number of fused-ring (bicyclic) bond motifs is 1. The summed E-state index contributed by atoms with van der Waals surface area (Å²) in [7, 11) is -3.67. The molecule has 2 N–H and O–H groups in total. The van der Waals surface area contributed by atoms with Gasteiger partial charge in [0, 0.05) is 37.1 Å². The number of nitrogens with one attached hydrogen (secondary N) is 2. The van der Waals surface area contributed by atoms with Crippen molar-refractivity contribution in [1.29, 1.82) is 0 Å². The lowest BCUT2D eigenvalue weighted by Crippen LogP contribution is -2.25. The first-order valence-corrected chi connectivity index (χ1v) is 10.9. The second-order valence-electron chi connectivity index (χ2n) is 5.56. The van der Waals surface area contributed by atoms with Crippen LogP contribution in [0.3, 0.4) is 0 Å². The van der Waals surface area contributed by atoms with Crippen molar-refractivity contribution in [2.45, 2.75) is 30.8 Å². The van der Waals surface area contributed by atoms with E-state index in [4.69, 9.17) is 0 Å². The highest BCUT2D eigenvalue weighted by Gasteiger charge is 2.28. The molecule has 0 radical (unpaired) electrons. The van der Waals surface area contributed by atoms with Crippen LogP contribution in [0.5, 0.6) is 0 Å². The van der Waals surface area contributed by atoms with E-state index in [1.807, 2.05) is 25.7 Å². The molecule has 9 nitrogen and oxygen atoms in total. The highest BCUT2D eigenvalue weighted by atomic mass is 32.2. The van der Waals surface area contributed by atoms with Crippen molar-refractivity contribution in [2.75, 3.05) is 29.9 Å². The molecule has 2 heterocycles. The van der Waals surface area contributed by atoms with Crippen LogP contribution in [0.2, 0.25) is 0 Å². The molecule has 1 aliphatic rings. The molecule has 27 heavy (non-hydrogen) atoms. The molecular formula is C16H21N7O2S2. The predicted molar refractivity (Wildman–Crippen MR) is 107 cm³/mol. The van der Waals surface area contributed by atoms with Crippen LogP contribution in [0.1, 0.15) is 26.3 Å². The van der Waals surface area contributed by atoms with Crippen LogP contribution in [-0.2, 0) is 10.0 Å². The molecule has 0 fully saturated rings. The topological polar surface area (TPSA) is 112 Å². The highest BCUT2D eigenvalue weighted by Crippen LogP contribution is 2.26. The molecule has 11 heteroatoms. The lowest BCUT2D eigenvalue weighted by Gasteiger charge is -2.19. The van der Waals surface area contributed by atoms with Crippen molar-refractivity contribution >= 4 is 39.7 Å². The Hall–Kier alpha value is -2.40. The number of hydrogen-bond acceptors (Lipinski definition) is 9. The van der Waals surface area contributed by atoms with Gasteiger partial charge in [-0.15, -0.1) is 4.40 Å². The third kappa shape index (κ3) is 4.14. The van der Waals surface area contributed by atoms with E-state index in [1.54, 1.807) is 18.2 Å². The van der Waals surface area contributed by atoms with Gasteiger partial charge < -0.3 is 14.9 Å². The number of benzene rings is 1. The zero-order chi connectivity index (χ0) is 19.4. The molecule has 0 saturated heterocycles. The van der Waals surface area contributed by atoms with Crippen LogP contribution in [-0.4, -0.2) is 48.8 Å². The van der Waals surface area contributed by atoms with Gasteiger partial charge in [0.15, 0.2) is 5.84 Å². The van der Waals surface area contributed by atoms with Crippen molar-refractivity contribution in [3.05, 3.63) is 29.8 Å². The number of amidine groups is 1. The van der Waals surface area contributed by atoms with Gasteiger partial charge >= 0.3 is 0 Å². The zero-order valence-electron chi connectivity index (χ0n) is 15.3. The van der Waals surface area contributed by atoms with Crippen molar-refractivity contribution in [1.82, 2.24) is 19.7 Å². The minimum atomic E-state index is -3.67. The van der Waals surface area contributed by atoms with Gasteiger partial charge in [-0.3, -0.25) is 0 Å². The first-order valence-electron chi connectivity index (χ1n) is 8.60. The van der Waals surface area contributed by atoms with Crippen LogP contribution in [0.15, 0.2) is 38.7 Å². The maximum absolute atomic E-state index is 12.1. The van der Waals surface area contributed by atoms with E-state index < -0.39 is 10.0 Å². The summed E-state index contributed by atoms with van der Waals surface area (Å²) in [5, 5.41) is 3.52. The van der Waals surface area contributed by atoms with E-state index in [2.05, 4.69) is 29.4 Å². The van der Waals surface area contributed by atoms with Gasteiger partial charge in [-0.2, -0.15) is 23.4 Å². The van der Waals surface area contributed by atoms with E-state index in [0.717, 1.165) is 25.0 Å². The first kappa shape index (κ1) is 19.4. The third-order valence-corrected chi connectivity index (χ3v) is 5.85. The Morgan fingerprint density at radius 2 is 1.81 bits per heavy atom. The summed E-state index contributed by atoms with van der Waals surface area (Å²) in [6.07, 6.45) is 0. The molecule has 1 aromatic heterocycles. The fraction of sp³-hybridized carbons (Fsp3) is 0.375. The van der Waals surface area contributed by atoms with Crippen molar-refractivity contribution in [3.63, 3.8) is 0 Å². The maximum Gasteiger partial charge on any atom is 0.285 e. The summed E-state index contributed by atoms with van der Waals surface area (Å²) in [6.45, 7) is 8.23. The second-order valence-corrected chi connectivity index (χ2v) is 7.91. The summed E-state index contributed by atoms with van der Waals surface area (Å²) in [4.78, 5) is 15.5. The number of aromatic nitrogens is 3. The molecule has 1 aliphatic heterocycles. The molecule has 144 valence electrons. The maximum atomic E-state index is 12.1. The number of hydrogen-bond donors (Lipinski definition) is 2. The molecular weight excluding hydrogens is 386 g/mol. The minimum absolute atomic E-state index is 0.195. The van der Waals surface area contributed by atoms with Gasteiger partial charge in [0.25, 0.3) is 10.0 Å². The second kappa shape index (κ2) is 8.09. The van der Waals surface area contributed by atoms with Gasteiger partial charge in [-0.1, -0.05) is 12.1 Å². The molecule has 2 aromatic rings. The molecule has 0 aliphatic carbocycles. The summed E-state index contributed by atoms with van der Waals surface area (Å²) in [5.74, 6) is 1.31. The number of rotatable bonds is 7. The smallest absolute Gasteiger partial charge is 0.285 e. The highest BCUT2D eigenvalue weighted by molar-refractivity contribution is 7.98. The van der Waals surface area contributed by atoms with Crippen molar-refractivity contribution in [3.8, 4) is 0 Å². The third-order valence-electron chi connectivity index (χ3n) is 3.85. The number of sulfonamides is 1. The average Bonchev–Trinajstić information content (AvgIpc) is 2.92. The van der Waals surface area contributed by atoms with Gasteiger partial charge in [0.1, 0.15) is 4.90 Å². The fourth-order valence-corrected chi connectivity index (χ4v) is 4.39. The lowest BCUT2D eigenvalue weighted by molar-refractivity contribution is 0.599. The molecule has 0 saturated carbocycles. The van der Waals surface area contributed by atoms with Crippen molar-refractivity contribution < 1.29 is 8.42 Å². The van der Waals surface area contributed by atoms with E-state index >= 15 is 0 Å². The summed E-state index contributed by atoms with van der Waals surface area (Å²) >= 11 is 1.10. The standard InChI is InChI=1S/C16H21N7O2S2/c1-4-17-14-18-15(23(5-2)6-3)20-16(19-14)26-21-13-11-9-7-8-10-12(11)27(24,25)22-13/h7-10H,4-6H2,1-3H3,(H,21,22)(H,17,18,19,20). The molecule has 1 aromatic carbocycles. The van der Waals surface area contributed by atoms with E-state index in [0.29, 0.717) is 29.2 Å². The molecule has 0 atom stereocenters. The Morgan fingerprint density at radius 3 is 2.52 bits per heavy atom. The van der Waals surface area contributed by atoms with Crippen LogP contribution in [0, 0.1) is 0 Å². The molecule has 0 unspecified atom stereocenters. The van der Waals surface area contributed by atoms with Gasteiger partial charge in [0.2, 0.25) is 17.1 Å². The first-order chi connectivity index (χ1) is 13.0. The molecule has 0 spiro atoms. The van der Waals surface area contributed by atoms with Gasteiger partial charge in [-0.25, -0.2) is 0 Å². The summed E-state index contributed by atoms with van der Waals surface area (Å²) < 4.78 is 31.1. The zero-order valence-corrected chi connectivity index (χ0v) is 16.9. The molecule has 0 amide bonds. The average molecular weight is 408 g/mol. The van der Waals surface area contributed by atoms with Gasteiger partial charge in [0.05, 0.1) is 0 Å². The minimum Gasteiger partial charge on any atom is -0.354 e. The normalized spacial score (nSPS) is 14.4. The molecule has 3 rings (SSSR count). The summed E-state index contributed by atoms with van der Waals surface area (Å²) in [5.41, 5.74) is 0.537.